The molecule has 2 heterocycles. The van der Waals surface area contributed by atoms with Crippen LogP contribution in [0.5, 0.6) is 0 Å². The van der Waals surface area contributed by atoms with Crippen LogP contribution in [0, 0.1) is 0 Å². The second-order valence-corrected chi connectivity index (χ2v) is 7.17. The number of thiocarbonyl (C=S) groups is 1. The van der Waals surface area contributed by atoms with E-state index in [0.717, 1.165) is 17.9 Å². The lowest BCUT2D eigenvalue weighted by atomic mass is 10.3. The number of nitrogens with two attached hydrogens (primary N) is 1. The third-order valence-electron chi connectivity index (χ3n) is 2.55. The fraction of sp³-hybridized carbons (Fsp3) is 0.400. The summed E-state index contributed by atoms with van der Waals surface area (Å²) in [5.41, 5.74) is 5.64. The standard InChI is InChI=1S/C10H13N3O2S3/c11-10(16)9-8(2-1-4-12-9)18(14,15)13-7-3-5-17-6-7/h1-2,4,7,13H,3,5-6H2,(H2,11,16). The maximum absolute atomic E-state index is 12.2. The molecule has 8 heteroatoms. The summed E-state index contributed by atoms with van der Waals surface area (Å²) in [5.74, 6) is 1.77. The second kappa shape index (κ2) is 5.52. The highest BCUT2D eigenvalue weighted by molar-refractivity contribution is 7.99. The average Bonchev–Trinajstić information content (AvgIpc) is 2.81. The molecule has 0 saturated carbocycles. The molecular weight excluding hydrogens is 290 g/mol. The van der Waals surface area contributed by atoms with E-state index >= 15 is 0 Å². The Balaban J connectivity index is 2.31. The molecule has 0 aliphatic carbocycles. The Labute approximate surface area is 116 Å². The van der Waals surface area contributed by atoms with Gasteiger partial charge in [0.1, 0.15) is 15.6 Å². The Morgan fingerprint density at radius 1 is 1.61 bits per heavy atom. The van der Waals surface area contributed by atoms with E-state index in [2.05, 4.69) is 9.71 Å². The SMILES string of the molecule is NC(=S)c1ncccc1S(=O)(=O)NC1CCSC1. The summed E-state index contributed by atoms with van der Waals surface area (Å²) in [4.78, 5) is 3.96. The number of aromatic nitrogens is 1. The molecule has 0 radical (unpaired) electrons. The summed E-state index contributed by atoms with van der Waals surface area (Å²) >= 11 is 6.56. The highest BCUT2D eigenvalue weighted by Gasteiger charge is 2.26. The molecule has 98 valence electrons. The summed E-state index contributed by atoms with van der Waals surface area (Å²) in [6.07, 6.45) is 2.31. The van der Waals surface area contributed by atoms with E-state index in [1.165, 1.54) is 12.3 Å². The smallest absolute Gasteiger partial charge is 0.243 e. The number of rotatable bonds is 4. The lowest BCUT2D eigenvalue weighted by Gasteiger charge is -2.13. The van der Waals surface area contributed by atoms with Crippen LogP contribution in [0.1, 0.15) is 12.1 Å². The molecule has 2 rings (SSSR count). The van der Waals surface area contributed by atoms with Gasteiger partial charge in [-0.05, 0) is 24.3 Å². The normalized spacial score (nSPS) is 19.9. The van der Waals surface area contributed by atoms with Gasteiger partial charge >= 0.3 is 0 Å². The number of nitrogens with zero attached hydrogens (tertiary/aromatic N) is 1. The van der Waals surface area contributed by atoms with Crippen LogP contribution >= 0.6 is 24.0 Å². The van der Waals surface area contributed by atoms with Crippen molar-refractivity contribution in [3.8, 4) is 0 Å². The van der Waals surface area contributed by atoms with Crippen molar-refractivity contribution in [1.29, 1.82) is 0 Å². The Morgan fingerprint density at radius 3 is 3.00 bits per heavy atom. The summed E-state index contributed by atoms with van der Waals surface area (Å²) in [7, 11) is -3.61. The van der Waals surface area contributed by atoms with Crippen LogP contribution in [-0.2, 0) is 10.0 Å². The summed E-state index contributed by atoms with van der Waals surface area (Å²) < 4.78 is 27.1. The van der Waals surface area contributed by atoms with Crippen molar-refractivity contribution in [3.05, 3.63) is 24.0 Å². The van der Waals surface area contributed by atoms with Gasteiger partial charge in [-0.25, -0.2) is 13.1 Å². The Kier molecular flexibility index (Phi) is 4.21. The van der Waals surface area contributed by atoms with Crippen molar-refractivity contribution in [2.75, 3.05) is 11.5 Å². The zero-order valence-electron chi connectivity index (χ0n) is 9.50. The molecule has 1 aromatic heterocycles. The lowest BCUT2D eigenvalue weighted by Crippen LogP contribution is -2.35. The van der Waals surface area contributed by atoms with Gasteiger partial charge in [0, 0.05) is 18.0 Å². The molecule has 1 atom stereocenters. The average molecular weight is 303 g/mol. The highest BCUT2D eigenvalue weighted by atomic mass is 32.2. The van der Waals surface area contributed by atoms with Crippen molar-refractivity contribution in [1.82, 2.24) is 9.71 Å². The molecule has 3 N–H and O–H groups in total. The van der Waals surface area contributed by atoms with Gasteiger partial charge in [0.25, 0.3) is 0 Å². The number of hydrogen-bond acceptors (Lipinski definition) is 5. The molecule has 0 amide bonds. The monoisotopic (exact) mass is 303 g/mol. The quantitative estimate of drug-likeness (QED) is 0.788. The van der Waals surface area contributed by atoms with Gasteiger partial charge in [-0.15, -0.1) is 0 Å². The third kappa shape index (κ3) is 3.00. The van der Waals surface area contributed by atoms with E-state index in [4.69, 9.17) is 18.0 Å². The second-order valence-electron chi connectivity index (χ2n) is 3.90. The van der Waals surface area contributed by atoms with Gasteiger partial charge in [-0.2, -0.15) is 11.8 Å². The molecule has 1 fully saturated rings. The molecule has 1 aromatic rings. The fourth-order valence-electron chi connectivity index (χ4n) is 1.70. The Hall–Kier alpha value is -0.700. The number of pyridine rings is 1. The zero-order chi connectivity index (χ0) is 13.2. The minimum absolute atomic E-state index is 0.0169. The molecule has 1 aliphatic rings. The molecular formula is C10H13N3O2S3. The van der Waals surface area contributed by atoms with Crippen LogP contribution in [0.25, 0.3) is 0 Å². The predicted octanol–water partition coefficient (Wildman–Crippen LogP) is 0.500. The van der Waals surface area contributed by atoms with E-state index in [1.54, 1.807) is 17.8 Å². The van der Waals surface area contributed by atoms with Crippen molar-refractivity contribution < 1.29 is 8.42 Å². The molecule has 0 bridgehead atoms. The molecule has 0 spiro atoms. The number of thioether (sulfide) groups is 1. The predicted molar refractivity (Wildman–Crippen MR) is 76.2 cm³/mol. The minimum Gasteiger partial charge on any atom is -0.388 e. The van der Waals surface area contributed by atoms with Gasteiger partial charge in [0.2, 0.25) is 10.0 Å². The van der Waals surface area contributed by atoms with E-state index in [9.17, 15) is 8.42 Å². The minimum atomic E-state index is -3.61. The first-order valence-electron chi connectivity index (χ1n) is 5.35. The van der Waals surface area contributed by atoms with Gasteiger partial charge in [-0.3, -0.25) is 4.98 Å². The van der Waals surface area contributed by atoms with Crippen LogP contribution in [0.4, 0.5) is 0 Å². The molecule has 5 nitrogen and oxygen atoms in total. The van der Waals surface area contributed by atoms with E-state index in [-0.39, 0.29) is 21.6 Å². The molecule has 1 unspecified atom stereocenters. The maximum Gasteiger partial charge on any atom is 0.243 e. The van der Waals surface area contributed by atoms with Crippen LogP contribution in [0.15, 0.2) is 23.2 Å². The number of sulfonamides is 1. The first-order chi connectivity index (χ1) is 8.50. The third-order valence-corrected chi connectivity index (χ3v) is 5.45. The number of nitrogens with one attached hydrogen (secondary N) is 1. The first-order valence-corrected chi connectivity index (χ1v) is 8.40. The Bertz CT molecular complexity index is 553. The summed E-state index contributed by atoms with van der Waals surface area (Å²) in [6, 6.07) is 2.99. The zero-order valence-corrected chi connectivity index (χ0v) is 11.9. The van der Waals surface area contributed by atoms with Crippen molar-refractivity contribution in [2.24, 2.45) is 5.73 Å². The highest BCUT2D eigenvalue weighted by Crippen LogP contribution is 2.20. The van der Waals surface area contributed by atoms with Gasteiger partial charge in [0.15, 0.2) is 0 Å². The van der Waals surface area contributed by atoms with Crippen molar-refractivity contribution >= 4 is 39.0 Å². The van der Waals surface area contributed by atoms with Crippen LogP contribution in [-0.4, -0.2) is 35.9 Å². The fourth-order valence-corrected chi connectivity index (χ4v) is 4.63. The van der Waals surface area contributed by atoms with Crippen LogP contribution in [0.3, 0.4) is 0 Å². The topological polar surface area (TPSA) is 85.1 Å². The van der Waals surface area contributed by atoms with E-state index < -0.39 is 10.0 Å². The molecule has 1 saturated heterocycles. The molecule has 0 aromatic carbocycles. The van der Waals surface area contributed by atoms with E-state index in [1.807, 2.05) is 0 Å². The van der Waals surface area contributed by atoms with Gasteiger partial charge in [0.05, 0.1) is 0 Å². The molecule has 1 aliphatic heterocycles. The van der Waals surface area contributed by atoms with Crippen molar-refractivity contribution in [2.45, 2.75) is 17.4 Å². The Morgan fingerprint density at radius 2 is 2.39 bits per heavy atom. The van der Waals surface area contributed by atoms with Crippen LogP contribution < -0.4 is 10.5 Å². The van der Waals surface area contributed by atoms with Crippen molar-refractivity contribution in [3.63, 3.8) is 0 Å². The molecule has 18 heavy (non-hydrogen) atoms. The largest absolute Gasteiger partial charge is 0.388 e. The maximum atomic E-state index is 12.2. The van der Waals surface area contributed by atoms with Crippen LogP contribution in [0.2, 0.25) is 0 Å². The van der Waals surface area contributed by atoms with E-state index in [0.29, 0.717) is 0 Å². The van der Waals surface area contributed by atoms with Gasteiger partial charge in [-0.1, -0.05) is 12.2 Å². The number of hydrogen-bond donors (Lipinski definition) is 2. The summed E-state index contributed by atoms with van der Waals surface area (Å²) in [6.45, 7) is 0. The first kappa shape index (κ1) is 13.7. The summed E-state index contributed by atoms with van der Waals surface area (Å²) in [5, 5.41) is 0. The van der Waals surface area contributed by atoms with Gasteiger partial charge < -0.3 is 5.73 Å². The lowest BCUT2D eigenvalue weighted by molar-refractivity contribution is 0.562.